The molecule has 7 nitrogen and oxygen atoms in total. The topological polar surface area (TPSA) is 79.8 Å². The second-order valence-corrected chi connectivity index (χ2v) is 11.6. The maximum atomic E-state index is 13.5. The summed E-state index contributed by atoms with van der Waals surface area (Å²) in [5.74, 6) is -1.13. The summed E-state index contributed by atoms with van der Waals surface area (Å²) in [6.07, 6.45) is -9.28. The van der Waals surface area contributed by atoms with Gasteiger partial charge >= 0.3 is 12.4 Å². The minimum atomic E-state index is -5.13. The molecule has 0 saturated carbocycles. The Bertz CT molecular complexity index is 1420. The third kappa shape index (κ3) is 7.20. The number of ether oxygens (including phenoxy) is 1. The molecule has 214 valence electrons. The van der Waals surface area contributed by atoms with Gasteiger partial charge in [0.1, 0.15) is 5.52 Å². The molecule has 0 radical (unpaired) electrons. The molecule has 4 rings (SSSR count). The number of halogens is 7. The standard InChI is InChI=1S/C23H21F6N3O4S2.ClH/c1-38(34,35)18-4-2-3-17-19(18)30-21(37-17)32(6-5-31-7-9-36-10-8-31)20(33)14-11-15(22(24,25)26)13-16(12-14)23(27,28)29;/h2-4,11-13H,5-10H2,1H3;1H. The van der Waals surface area contributed by atoms with Gasteiger partial charge in [-0.05, 0) is 30.3 Å². The van der Waals surface area contributed by atoms with Crippen LogP contribution in [0.1, 0.15) is 21.5 Å². The Labute approximate surface area is 229 Å². The van der Waals surface area contributed by atoms with Crippen LogP contribution < -0.4 is 4.90 Å². The van der Waals surface area contributed by atoms with Gasteiger partial charge < -0.3 is 4.74 Å². The molecule has 2 heterocycles. The van der Waals surface area contributed by atoms with Gasteiger partial charge in [0, 0.05) is 38.0 Å². The molecular formula is C23H22ClF6N3O4S2. The molecule has 1 amide bonds. The van der Waals surface area contributed by atoms with Crippen molar-refractivity contribution in [2.24, 2.45) is 0 Å². The fourth-order valence-corrected chi connectivity index (χ4v) is 5.82. The Kier molecular flexibility index (Phi) is 9.22. The first-order valence-corrected chi connectivity index (χ1v) is 13.9. The summed E-state index contributed by atoms with van der Waals surface area (Å²) in [4.78, 5) is 20.6. The largest absolute Gasteiger partial charge is 0.416 e. The van der Waals surface area contributed by atoms with Crippen LogP contribution in [-0.4, -0.2) is 69.9 Å². The number of carbonyl (C=O) groups is 1. The molecule has 1 fully saturated rings. The molecule has 1 saturated heterocycles. The van der Waals surface area contributed by atoms with Crippen molar-refractivity contribution >= 4 is 54.8 Å². The molecule has 1 aromatic heterocycles. The highest BCUT2D eigenvalue weighted by atomic mass is 35.5. The van der Waals surface area contributed by atoms with Crippen molar-refractivity contribution in [1.82, 2.24) is 9.88 Å². The Morgan fingerprint density at radius 1 is 1.05 bits per heavy atom. The normalized spacial score (nSPS) is 15.3. The average Bonchev–Trinajstić information content (AvgIpc) is 3.26. The Hall–Kier alpha value is -2.46. The van der Waals surface area contributed by atoms with Crippen LogP contribution in [0.2, 0.25) is 0 Å². The van der Waals surface area contributed by atoms with E-state index in [-0.39, 0.29) is 47.1 Å². The minimum absolute atomic E-state index is 0. The van der Waals surface area contributed by atoms with Gasteiger partial charge in [0.05, 0.1) is 33.9 Å². The SMILES string of the molecule is CS(=O)(=O)c1cccc2sc(N(CCN3CCOCC3)C(=O)c3cc(C(F)(F)F)cc(C(F)(F)F)c3)nc12.Cl. The van der Waals surface area contributed by atoms with Crippen LogP contribution in [0.4, 0.5) is 31.5 Å². The first-order valence-electron chi connectivity index (χ1n) is 11.2. The zero-order valence-corrected chi connectivity index (χ0v) is 22.6. The highest BCUT2D eigenvalue weighted by molar-refractivity contribution is 7.91. The number of benzene rings is 2. The third-order valence-electron chi connectivity index (χ3n) is 5.82. The number of carbonyl (C=O) groups excluding carboxylic acids is 1. The molecular weight excluding hydrogens is 596 g/mol. The van der Waals surface area contributed by atoms with E-state index in [0.717, 1.165) is 22.5 Å². The fraction of sp³-hybridized carbons (Fsp3) is 0.391. The summed E-state index contributed by atoms with van der Waals surface area (Å²) in [6, 6.07) is 5.04. The first kappa shape index (κ1) is 31.1. The molecule has 0 aliphatic carbocycles. The smallest absolute Gasteiger partial charge is 0.379 e. The van der Waals surface area contributed by atoms with Crippen molar-refractivity contribution in [1.29, 1.82) is 0 Å². The van der Waals surface area contributed by atoms with Crippen molar-refractivity contribution in [3.05, 3.63) is 53.1 Å². The van der Waals surface area contributed by atoms with Gasteiger partial charge in [-0.25, -0.2) is 13.4 Å². The second-order valence-electron chi connectivity index (χ2n) is 8.58. The third-order valence-corrected chi connectivity index (χ3v) is 8.00. The van der Waals surface area contributed by atoms with E-state index in [2.05, 4.69) is 4.98 Å². The van der Waals surface area contributed by atoms with Crippen molar-refractivity contribution < 1.29 is 44.3 Å². The zero-order chi connectivity index (χ0) is 27.9. The Balaban J connectivity index is 0.00000420. The highest BCUT2D eigenvalue weighted by Crippen LogP contribution is 2.38. The van der Waals surface area contributed by atoms with Crippen LogP contribution in [-0.2, 0) is 26.9 Å². The van der Waals surface area contributed by atoms with E-state index in [1.54, 1.807) is 6.07 Å². The number of fused-ring (bicyclic) bond motifs is 1. The van der Waals surface area contributed by atoms with Crippen molar-refractivity contribution in [3.63, 3.8) is 0 Å². The number of anilines is 1. The number of amides is 1. The predicted molar refractivity (Wildman–Crippen MR) is 135 cm³/mol. The number of para-hydroxylation sites is 1. The molecule has 1 aliphatic heterocycles. The van der Waals surface area contributed by atoms with E-state index in [1.165, 1.54) is 12.1 Å². The maximum absolute atomic E-state index is 13.5. The molecule has 3 aromatic rings. The molecule has 1 aliphatic rings. The summed E-state index contributed by atoms with van der Waals surface area (Å²) >= 11 is 0.907. The number of rotatable bonds is 6. The number of hydrogen-bond acceptors (Lipinski definition) is 7. The second kappa shape index (κ2) is 11.6. The van der Waals surface area contributed by atoms with E-state index in [0.29, 0.717) is 43.1 Å². The lowest BCUT2D eigenvalue weighted by molar-refractivity contribution is -0.143. The number of sulfone groups is 1. The predicted octanol–water partition coefficient (Wildman–Crippen LogP) is 5.14. The summed E-state index contributed by atoms with van der Waals surface area (Å²) in [5, 5.41) is -0.0553. The molecule has 0 unspecified atom stereocenters. The number of morpholine rings is 1. The van der Waals surface area contributed by atoms with E-state index in [1.807, 2.05) is 4.90 Å². The lowest BCUT2D eigenvalue weighted by Gasteiger charge is -2.29. The average molecular weight is 618 g/mol. The number of hydrogen-bond donors (Lipinski definition) is 0. The first-order chi connectivity index (χ1) is 17.6. The van der Waals surface area contributed by atoms with E-state index in [9.17, 15) is 39.6 Å². The molecule has 39 heavy (non-hydrogen) atoms. The van der Waals surface area contributed by atoms with Crippen LogP contribution in [0.25, 0.3) is 10.2 Å². The zero-order valence-electron chi connectivity index (χ0n) is 20.2. The summed E-state index contributed by atoms with van der Waals surface area (Å²) in [5.41, 5.74) is -4.00. The van der Waals surface area contributed by atoms with E-state index >= 15 is 0 Å². The summed E-state index contributed by atoms with van der Waals surface area (Å²) < 4.78 is 111. The molecule has 0 bridgehead atoms. The Morgan fingerprint density at radius 2 is 1.64 bits per heavy atom. The van der Waals surface area contributed by atoms with Crippen molar-refractivity contribution in [3.8, 4) is 0 Å². The molecule has 0 atom stereocenters. The quantitative estimate of drug-likeness (QED) is 0.357. The number of thiazole rings is 1. The number of nitrogens with zero attached hydrogens (tertiary/aromatic N) is 3. The number of aromatic nitrogens is 1. The van der Waals surface area contributed by atoms with E-state index < -0.39 is 44.8 Å². The Morgan fingerprint density at radius 3 is 2.18 bits per heavy atom. The van der Waals surface area contributed by atoms with Crippen LogP contribution >= 0.6 is 23.7 Å². The van der Waals surface area contributed by atoms with Gasteiger partial charge in [0.15, 0.2) is 15.0 Å². The summed E-state index contributed by atoms with van der Waals surface area (Å²) in [7, 11) is -3.72. The van der Waals surface area contributed by atoms with E-state index in [4.69, 9.17) is 4.74 Å². The van der Waals surface area contributed by atoms with Gasteiger partial charge in [0.25, 0.3) is 5.91 Å². The molecule has 0 N–H and O–H groups in total. The van der Waals surface area contributed by atoms with Gasteiger partial charge in [-0.1, -0.05) is 17.4 Å². The summed E-state index contributed by atoms with van der Waals surface area (Å²) in [6.45, 7) is 1.99. The van der Waals surface area contributed by atoms with Crippen LogP contribution in [0.3, 0.4) is 0 Å². The van der Waals surface area contributed by atoms with Crippen molar-refractivity contribution in [2.75, 3.05) is 50.5 Å². The van der Waals surface area contributed by atoms with Crippen LogP contribution in [0.15, 0.2) is 41.3 Å². The maximum Gasteiger partial charge on any atom is 0.416 e. The van der Waals surface area contributed by atoms with Crippen LogP contribution in [0.5, 0.6) is 0 Å². The van der Waals surface area contributed by atoms with Gasteiger partial charge in [-0.3, -0.25) is 14.6 Å². The van der Waals surface area contributed by atoms with Gasteiger partial charge in [-0.15, -0.1) is 12.4 Å². The van der Waals surface area contributed by atoms with Crippen molar-refractivity contribution in [2.45, 2.75) is 17.2 Å². The molecule has 2 aromatic carbocycles. The lowest BCUT2D eigenvalue weighted by atomic mass is 10.0. The highest BCUT2D eigenvalue weighted by Gasteiger charge is 2.38. The molecule has 0 spiro atoms. The molecule has 16 heteroatoms. The minimum Gasteiger partial charge on any atom is -0.379 e. The van der Waals surface area contributed by atoms with Crippen LogP contribution in [0, 0.1) is 0 Å². The lowest BCUT2D eigenvalue weighted by Crippen LogP contribution is -2.43. The van der Waals surface area contributed by atoms with Gasteiger partial charge in [-0.2, -0.15) is 26.3 Å². The van der Waals surface area contributed by atoms with Gasteiger partial charge in [0.2, 0.25) is 0 Å². The number of alkyl halides is 6. The monoisotopic (exact) mass is 617 g/mol. The fourth-order valence-electron chi connectivity index (χ4n) is 3.91.